The Labute approximate surface area is 179 Å². The number of rotatable bonds is 6. The predicted molar refractivity (Wildman–Crippen MR) is 111 cm³/mol. The monoisotopic (exact) mass is 428 g/mol. The molecule has 0 aliphatic carbocycles. The van der Waals surface area contributed by atoms with Gasteiger partial charge in [-0.05, 0) is 61.5 Å². The van der Waals surface area contributed by atoms with E-state index in [0.29, 0.717) is 6.61 Å². The van der Waals surface area contributed by atoms with Crippen LogP contribution in [0.1, 0.15) is 61.8 Å². The van der Waals surface area contributed by atoms with Gasteiger partial charge in [0.2, 0.25) is 0 Å². The van der Waals surface area contributed by atoms with Crippen molar-refractivity contribution in [1.82, 2.24) is 10.2 Å². The maximum atomic E-state index is 12.5. The minimum Gasteiger partial charge on any atom is -0.461 e. The fourth-order valence-electron chi connectivity index (χ4n) is 2.65. The molecule has 0 spiro atoms. The van der Waals surface area contributed by atoms with E-state index in [-0.39, 0.29) is 25.6 Å². The van der Waals surface area contributed by atoms with E-state index in [0.717, 1.165) is 0 Å². The molecule has 1 rings (SSSR count). The zero-order chi connectivity index (χ0) is 23.2. The third-order valence-corrected chi connectivity index (χ3v) is 3.81. The summed E-state index contributed by atoms with van der Waals surface area (Å²) in [7, 11) is 0. The summed E-state index contributed by atoms with van der Waals surface area (Å²) in [4.78, 5) is 37.4. The Hall–Kier alpha value is -2.29. The minimum atomic E-state index is -0.804. The van der Waals surface area contributed by atoms with Gasteiger partial charge in [-0.25, -0.2) is 9.59 Å². The van der Waals surface area contributed by atoms with Gasteiger partial charge in [-0.15, -0.1) is 0 Å². The summed E-state index contributed by atoms with van der Waals surface area (Å²) in [5, 5.41) is 2.50. The average Bonchev–Trinajstić information content (AvgIpc) is 2.82. The van der Waals surface area contributed by atoms with Gasteiger partial charge >= 0.3 is 18.2 Å². The smallest absolute Gasteiger partial charge is 0.413 e. The molecular weight excluding hydrogens is 392 g/mol. The standard InChI is InChI=1S/C21H36N2O7/c1-19(2,3)29-17(25)22-12-11-16(24)27-13-9-10-15-14-28-21(7,8)23(15)18(26)30-20(4,5)6/h9-10,15H,11-14H2,1-8H3,(H,22,25)/b10-9+/t15-/m1/s1. The molecule has 1 saturated heterocycles. The third-order valence-electron chi connectivity index (χ3n) is 3.81. The summed E-state index contributed by atoms with van der Waals surface area (Å²) in [5.41, 5.74) is -2.02. The van der Waals surface area contributed by atoms with E-state index in [1.54, 1.807) is 67.5 Å². The first-order valence-electron chi connectivity index (χ1n) is 10.1. The molecule has 0 aromatic rings. The maximum absolute atomic E-state index is 12.5. The van der Waals surface area contributed by atoms with Crippen molar-refractivity contribution in [2.24, 2.45) is 0 Å². The molecule has 1 N–H and O–H groups in total. The zero-order valence-corrected chi connectivity index (χ0v) is 19.4. The molecule has 0 aromatic heterocycles. The van der Waals surface area contributed by atoms with Crippen LogP contribution in [0.3, 0.4) is 0 Å². The lowest BCUT2D eigenvalue weighted by molar-refractivity contribution is -0.142. The van der Waals surface area contributed by atoms with E-state index in [1.807, 2.05) is 0 Å². The maximum Gasteiger partial charge on any atom is 0.413 e. The lowest BCUT2D eigenvalue weighted by Crippen LogP contribution is -2.49. The molecule has 30 heavy (non-hydrogen) atoms. The Morgan fingerprint density at radius 1 is 1.10 bits per heavy atom. The number of carbonyl (C=O) groups is 3. The molecule has 9 nitrogen and oxygen atoms in total. The van der Waals surface area contributed by atoms with Crippen LogP contribution in [-0.4, -0.2) is 65.8 Å². The Bertz CT molecular complexity index is 645. The number of nitrogens with one attached hydrogen (secondary N) is 1. The molecule has 0 bridgehead atoms. The van der Waals surface area contributed by atoms with Crippen molar-refractivity contribution in [2.45, 2.75) is 84.8 Å². The largest absolute Gasteiger partial charge is 0.461 e. The second-order valence-corrected chi connectivity index (χ2v) is 9.47. The topological polar surface area (TPSA) is 103 Å². The van der Waals surface area contributed by atoms with Crippen molar-refractivity contribution in [1.29, 1.82) is 0 Å². The second-order valence-electron chi connectivity index (χ2n) is 9.47. The van der Waals surface area contributed by atoms with Crippen LogP contribution < -0.4 is 5.32 Å². The highest BCUT2D eigenvalue weighted by Crippen LogP contribution is 2.29. The van der Waals surface area contributed by atoms with Gasteiger partial charge in [-0.1, -0.05) is 6.08 Å². The Kier molecular flexibility index (Phi) is 8.71. The number of ether oxygens (including phenoxy) is 4. The molecule has 172 valence electrons. The zero-order valence-electron chi connectivity index (χ0n) is 19.4. The van der Waals surface area contributed by atoms with Crippen molar-refractivity contribution >= 4 is 18.2 Å². The molecule has 1 atom stereocenters. The summed E-state index contributed by atoms with van der Waals surface area (Å²) in [6.07, 6.45) is 2.39. The number of nitrogens with zero attached hydrogens (tertiary/aromatic N) is 1. The number of amides is 2. The highest BCUT2D eigenvalue weighted by Gasteiger charge is 2.44. The fraction of sp³-hybridized carbons (Fsp3) is 0.762. The molecule has 1 heterocycles. The van der Waals surface area contributed by atoms with Crippen molar-refractivity contribution in [3.63, 3.8) is 0 Å². The van der Waals surface area contributed by atoms with E-state index < -0.39 is 35.1 Å². The number of hydrogen-bond donors (Lipinski definition) is 1. The van der Waals surface area contributed by atoms with E-state index >= 15 is 0 Å². The van der Waals surface area contributed by atoms with Crippen LogP contribution in [0, 0.1) is 0 Å². The third kappa shape index (κ3) is 9.47. The molecule has 0 unspecified atom stereocenters. The van der Waals surface area contributed by atoms with Crippen molar-refractivity contribution < 1.29 is 33.3 Å². The van der Waals surface area contributed by atoms with E-state index in [4.69, 9.17) is 18.9 Å². The molecule has 0 radical (unpaired) electrons. The quantitative estimate of drug-likeness (QED) is 0.393. The fourth-order valence-corrected chi connectivity index (χ4v) is 2.65. The Morgan fingerprint density at radius 3 is 2.27 bits per heavy atom. The Morgan fingerprint density at radius 2 is 1.70 bits per heavy atom. The number of hydrogen-bond acceptors (Lipinski definition) is 7. The average molecular weight is 429 g/mol. The molecule has 1 fully saturated rings. The van der Waals surface area contributed by atoms with Gasteiger partial charge < -0.3 is 24.3 Å². The molecule has 0 aromatic carbocycles. The molecule has 1 aliphatic rings. The van der Waals surface area contributed by atoms with E-state index in [1.165, 1.54) is 4.90 Å². The van der Waals surface area contributed by atoms with Crippen molar-refractivity contribution in [3.8, 4) is 0 Å². The lowest BCUT2D eigenvalue weighted by atomic mass is 10.2. The van der Waals surface area contributed by atoms with Crippen LogP contribution in [0.4, 0.5) is 9.59 Å². The first-order chi connectivity index (χ1) is 13.6. The van der Waals surface area contributed by atoms with E-state index in [2.05, 4.69) is 5.32 Å². The highest BCUT2D eigenvalue weighted by atomic mass is 16.6. The molecule has 2 amide bonds. The van der Waals surface area contributed by atoms with Gasteiger partial charge in [0.15, 0.2) is 0 Å². The second kappa shape index (κ2) is 10.1. The summed E-state index contributed by atoms with van der Waals surface area (Å²) < 4.78 is 21.4. The van der Waals surface area contributed by atoms with Crippen LogP contribution >= 0.6 is 0 Å². The van der Waals surface area contributed by atoms with Crippen LogP contribution in [0.2, 0.25) is 0 Å². The van der Waals surface area contributed by atoms with E-state index in [9.17, 15) is 14.4 Å². The number of esters is 1. The van der Waals surface area contributed by atoms with Gasteiger partial charge in [0, 0.05) is 6.54 Å². The summed E-state index contributed by atoms with van der Waals surface area (Å²) >= 11 is 0. The van der Waals surface area contributed by atoms with Gasteiger partial charge in [0.05, 0.1) is 19.1 Å². The first-order valence-corrected chi connectivity index (χ1v) is 10.1. The molecule has 9 heteroatoms. The summed E-state index contributed by atoms with van der Waals surface area (Å²) in [5.74, 6) is -0.456. The number of carbonyl (C=O) groups excluding carboxylic acids is 3. The van der Waals surface area contributed by atoms with Crippen LogP contribution in [-0.2, 0) is 23.7 Å². The number of alkyl carbamates (subject to hydrolysis) is 1. The van der Waals surface area contributed by atoms with Gasteiger partial charge in [0.25, 0.3) is 0 Å². The normalized spacial score (nSPS) is 18.9. The Balaban J connectivity index is 2.44. The first kappa shape index (κ1) is 25.7. The van der Waals surface area contributed by atoms with Crippen LogP contribution in [0.5, 0.6) is 0 Å². The SMILES string of the molecule is CC(C)(C)OC(=O)NCCC(=O)OC/C=C/[C@@H]1COC(C)(C)N1C(=O)OC(C)(C)C. The molecular formula is C21H36N2O7. The van der Waals surface area contributed by atoms with Gasteiger partial charge in [-0.3, -0.25) is 9.69 Å². The van der Waals surface area contributed by atoms with Gasteiger partial charge in [-0.2, -0.15) is 0 Å². The summed E-state index contributed by atoms with van der Waals surface area (Å²) in [6.45, 7) is 14.7. The van der Waals surface area contributed by atoms with Crippen molar-refractivity contribution in [3.05, 3.63) is 12.2 Å². The minimum absolute atomic E-state index is 0.0245. The predicted octanol–water partition coefficient (Wildman–Crippen LogP) is 3.37. The van der Waals surface area contributed by atoms with Gasteiger partial charge in [0.1, 0.15) is 23.5 Å². The van der Waals surface area contributed by atoms with Crippen molar-refractivity contribution in [2.75, 3.05) is 19.8 Å². The molecule has 1 aliphatic heterocycles. The highest BCUT2D eigenvalue weighted by molar-refractivity contribution is 5.72. The molecule has 0 saturated carbocycles. The van der Waals surface area contributed by atoms with Crippen LogP contribution in [0.15, 0.2) is 12.2 Å². The summed E-state index contributed by atoms with van der Waals surface area (Å²) in [6, 6.07) is -0.331. The van der Waals surface area contributed by atoms with Crippen LogP contribution in [0.25, 0.3) is 0 Å². The lowest BCUT2D eigenvalue weighted by Gasteiger charge is -2.34.